The highest BCUT2D eigenvalue weighted by molar-refractivity contribution is 5.75. The Labute approximate surface area is 151 Å². The molecule has 0 aliphatic carbocycles. The number of hydrogen-bond donors (Lipinski definition) is 2. The molecule has 0 saturated carbocycles. The molecule has 2 N–H and O–H groups in total. The van der Waals surface area contributed by atoms with Crippen molar-refractivity contribution in [2.75, 3.05) is 31.1 Å². The maximum Gasteiger partial charge on any atom is 0.387 e. The Bertz CT molecular complexity index is 631. The summed E-state index contributed by atoms with van der Waals surface area (Å²) >= 11 is 0. The normalized spacial score (nSPS) is 25.8. The molecule has 0 bridgehead atoms. The summed E-state index contributed by atoms with van der Waals surface area (Å²) in [6.45, 7) is 0.938. The van der Waals surface area contributed by atoms with Crippen LogP contribution in [0.1, 0.15) is 19.8 Å². The number of para-hydroxylation sites is 2. The molecule has 2 fully saturated rings. The van der Waals surface area contributed by atoms with Crippen LogP contribution in [0.4, 0.5) is 19.3 Å². The van der Waals surface area contributed by atoms with E-state index in [9.17, 15) is 18.7 Å². The van der Waals surface area contributed by atoms with Crippen molar-refractivity contribution in [3.8, 4) is 5.75 Å². The number of rotatable bonds is 5. The number of alkyl halides is 2. The van der Waals surface area contributed by atoms with Crippen molar-refractivity contribution in [3.05, 3.63) is 24.3 Å². The number of urea groups is 1. The van der Waals surface area contributed by atoms with Gasteiger partial charge in [-0.15, -0.1) is 0 Å². The fourth-order valence-corrected chi connectivity index (χ4v) is 3.81. The smallest absolute Gasteiger partial charge is 0.387 e. The van der Waals surface area contributed by atoms with Gasteiger partial charge in [0.1, 0.15) is 5.75 Å². The zero-order valence-corrected chi connectivity index (χ0v) is 14.8. The highest BCUT2D eigenvalue weighted by atomic mass is 19.3. The summed E-state index contributed by atoms with van der Waals surface area (Å²) in [5.41, 5.74) is 0.604. The zero-order valence-electron chi connectivity index (χ0n) is 14.8. The number of anilines is 1. The van der Waals surface area contributed by atoms with E-state index in [0.29, 0.717) is 25.3 Å². The first-order valence-corrected chi connectivity index (χ1v) is 8.96. The summed E-state index contributed by atoms with van der Waals surface area (Å²) in [5.74, 6) is 0.424. The van der Waals surface area contributed by atoms with Gasteiger partial charge in [-0.3, -0.25) is 0 Å². The molecule has 2 amide bonds. The molecule has 1 aromatic carbocycles. The van der Waals surface area contributed by atoms with Gasteiger partial charge < -0.3 is 25.0 Å². The molecular weight excluding hydrogens is 344 g/mol. The largest absolute Gasteiger partial charge is 0.433 e. The number of ether oxygens (including phenoxy) is 1. The molecule has 2 heterocycles. The number of likely N-dealkylation sites (tertiary alicyclic amines) is 1. The van der Waals surface area contributed by atoms with E-state index in [0.717, 1.165) is 12.8 Å². The van der Waals surface area contributed by atoms with Gasteiger partial charge in [0.05, 0.1) is 18.3 Å². The molecule has 0 radical (unpaired) electrons. The molecule has 6 nitrogen and oxygen atoms in total. The summed E-state index contributed by atoms with van der Waals surface area (Å²) in [5, 5.41) is 12.5. The van der Waals surface area contributed by atoms with Crippen molar-refractivity contribution in [1.82, 2.24) is 10.2 Å². The number of halogens is 2. The van der Waals surface area contributed by atoms with E-state index < -0.39 is 6.61 Å². The van der Waals surface area contributed by atoms with Crippen molar-refractivity contribution in [2.24, 2.45) is 5.92 Å². The Kier molecular flexibility index (Phi) is 5.80. The molecule has 144 valence electrons. The van der Waals surface area contributed by atoms with Crippen LogP contribution in [0.2, 0.25) is 0 Å². The van der Waals surface area contributed by atoms with E-state index in [1.54, 1.807) is 23.1 Å². The van der Waals surface area contributed by atoms with Crippen LogP contribution in [-0.4, -0.2) is 61.0 Å². The van der Waals surface area contributed by atoms with Crippen LogP contribution < -0.4 is 15.0 Å². The summed E-state index contributed by atoms with van der Waals surface area (Å²) < 4.78 is 29.8. The minimum absolute atomic E-state index is 0.0380. The van der Waals surface area contributed by atoms with Gasteiger partial charge in [0.25, 0.3) is 0 Å². The van der Waals surface area contributed by atoms with E-state index in [4.69, 9.17) is 0 Å². The highest BCUT2D eigenvalue weighted by Gasteiger charge is 2.35. The second-order valence-corrected chi connectivity index (χ2v) is 6.94. The molecule has 26 heavy (non-hydrogen) atoms. The Balaban J connectivity index is 1.60. The van der Waals surface area contributed by atoms with Crippen LogP contribution >= 0.6 is 0 Å². The van der Waals surface area contributed by atoms with Gasteiger partial charge in [0.15, 0.2) is 0 Å². The van der Waals surface area contributed by atoms with E-state index in [1.807, 2.05) is 11.8 Å². The quantitative estimate of drug-likeness (QED) is 0.836. The second-order valence-electron chi connectivity index (χ2n) is 6.94. The van der Waals surface area contributed by atoms with Crippen molar-refractivity contribution < 1.29 is 23.4 Å². The lowest BCUT2D eigenvalue weighted by Crippen LogP contribution is -2.49. The number of benzene rings is 1. The van der Waals surface area contributed by atoms with Crippen LogP contribution in [0.3, 0.4) is 0 Å². The third kappa shape index (κ3) is 4.00. The average Bonchev–Trinajstić information content (AvgIpc) is 3.21. The third-order valence-electron chi connectivity index (χ3n) is 5.27. The highest BCUT2D eigenvalue weighted by Crippen LogP contribution is 2.32. The zero-order chi connectivity index (χ0) is 18.7. The van der Waals surface area contributed by atoms with Gasteiger partial charge in [0, 0.05) is 25.7 Å². The summed E-state index contributed by atoms with van der Waals surface area (Å²) in [6, 6.07) is 6.30. The number of nitrogens with one attached hydrogen (secondary N) is 1. The minimum Gasteiger partial charge on any atom is -0.433 e. The first-order valence-electron chi connectivity index (χ1n) is 8.96. The van der Waals surface area contributed by atoms with Crippen LogP contribution in [-0.2, 0) is 0 Å². The third-order valence-corrected chi connectivity index (χ3v) is 5.27. The molecule has 2 aliphatic heterocycles. The Hall–Kier alpha value is -2.09. The van der Waals surface area contributed by atoms with Gasteiger partial charge in [-0.2, -0.15) is 8.78 Å². The second kappa shape index (κ2) is 8.07. The lowest BCUT2D eigenvalue weighted by Gasteiger charge is -2.27. The topological polar surface area (TPSA) is 65.0 Å². The van der Waals surface area contributed by atoms with Gasteiger partial charge in [-0.05, 0) is 30.9 Å². The number of aliphatic hydroxyl groups excluding tert-OH is 1. The van der Waals surface area contributed by atoms with Crippen LogP contribution in [0.25, 0.3) is 0 Å². The van der Waals surface area contributed by atoms with Crippen molar-refractivity contribution in [2.45, 2.75) is 38.5 Å². The number of aliphatic hydroxyl groups is 1. The molecule has 2 aliphatic rings. The predicted molar refractivity (Wildman–Crippen MR) is 93.6 cm³/mol. The number of carbonyl (C=O) groups excluding carboxylic acids is 1. The summed E-state index contributed by atoms with van der Waals surface area (Å²) in [7, 11) is 0. The maximum absolute atomic E-state index is 12.6. The molecular formula is C18H25F2N3O3. The fraction of sp³-hybridized carbons (Fsp3) is 0.611. The Morgan fingerprint density at radius 2 is 2.12 bits per heavy atom. The lowest BCUT2D eigenvalue weighted by atomic mass is 10.0. The Morgan fingerprint density at radius 1 is 1.35 bits per heavy atom. The first-order chi connectivity index (χ1) is 12.5. The van der Waals surface area contributed by atoms with Crippen LogP contribution in [0.5, 0.6) is 5.75 Å². The number of hydrogen-bond acceptors (Lipinski definition) is 4. The van der Waals surface area contributed by atoms with E-state index in [1.165, 1.54) is 6.07 Å². The van der Waals surface area contributed by atoms with E-state index >= 15 is 0 Å². The Morgan fingerprint density at radius 3 is 2.85 bits per heavy atom. The lowest BCUT2D eigenvalue weighted by molar-refractivity contribution is -0.0495. The minimum atomic E-state index is -2.87. The SMILES string of the molecule is CC1CCN(C(=O)NC2CCN(c3ccccc3OC(F)F)C2)C1CO. The molecule has 0 spiro atoms. The molecule has 1 aromatic rings. The van der Waals surface area contributed by atoms with Gasteiger partial charge in [-0.1, -0.05) is 19.1 Å². The van der Waals surface area contributed by atoms with E-state index in [2.05, 4.69) is 10.1 Å². The number of amides is 2. The molecule has 3 rings (SSSR count). The number of nitrogens with zero attached hydrogens (tertiary/aromatic N) is 2. The summed E-state index contributed by atoms with van der Waals surface area (Å²) in [6.07, 6.45) is 1.61. The van der Waals surface area contributed by atoms with Crippen LogP contribution in [0.15, 0.2) is 24.3 Å². The van der Waals surface area contributed by atoms with Gasteiger partial charge in [0.2, 0.25) is 0 Å². The first kappa shape index (κ1) is 18.7. The van der Waals surface area contributed by atoms with Gasteiger partial charge in [-0.25, -0.2) is 4.79 Å². The van der Waals surface area contributed by atoms with Crippen molar-refractivity contribution in [3.63, 3.8) is 0 Å². The molecule has 3 unspecified atom stereocenters. The molecule has 8 heteroatoms. The van der Waals surface area contributed by atoms with Crippen molar-refractivity contribution in [1.29, 1.82) is 0 Å². The standard InChI is InChI=1S/C18H25F2N3O3/c1-12-6-9-23(15(12)11-24)18(25)21-13-7-8-22(10-13)14-4-2-3-5-16(14)26-17(19)20/h2-5,12-13,15,17,24H,6-11H2,1H3,(H,21,25). The van der Waals surface area contributed by atoms with Gasteiger partial charge >= 0.3 is 12.6 Å². The number of carbonyl (C=O) groups is 1. The van der Waals surface area contributed by atoms with E-state index in [-0.39, 0.29) is 36.4 Å². The monoisotopic (exact) mass is 369 g/mol. The molecule has 2 saturated heterocycles. The summed E-state index contributed by atoms with van der Waals surface area (Å²) in [4.78, 5) is 16.2. The fourth-order valence-electron chi connectivity index (χ4n) is 3.81. The molecule has 0 aromatic heterocycles. The van der Waals surface area contributed by atoms with Crippen LogP contribution in [0, 0.1) is 5.92 Å². The molecule has 3 atom stereocenters. The predicted octanol–water partition coefficient (Wildman–Crippen LogP) is 2.28. The average molecular weight is 369 g/mol. The van der Waals surface area contributed by atoms with Crippen molar-refractivity contribution >= 4 is 11.7 Å². The maximum atomic E-state index is 12.6.